The Morgan fingerprint density at radius 1 is 1.26 bits per heavy atom. The Hall–Kier alpha value is -1.14. The van der Waals surface area contributed by atoms with E-state index in [1.807, 2.05) is 33.1 Å². The fourth-order valence-electron chi connectivity index (χ4n) is 2.27. The van der Waals surface area contributed by atoms with E-state index in [0.717, 1.165) is 10.7 Å². The molecule has 0 bridgehead atoms. The molecule has 0 aliphatic carbocycles. The Kier molecular flexibility index (Phi) is 6.59. The summed E-state index contributed by atoms with van der Waals surface area (Å²) in [6.07, 6.45) is -0.462. The standard InChI is InChI=1S/C17H31N3O2S/c1-11(2)14(21)17(6,7)10-19-15(22)18-8-13-20-12(9-23-13)16(3,4)5/h9,11,14,21H,8,10H2,1-7H3,(H2,18,19,22). The molecule has 1 rings (SSSR count). The van der Waals surface area contributed by atoms with E-state index < -0.39 is 6.10 Å². The Bertz CT molecular complexity index is 518. The highest BCUT2D eigenvalue weighted by Crippen LogP contribution is 2.25. The van der Waals surface area contributed by atoms with Gasteiger partial charge in [0.25, 0.3) is 0 Å². The highest BCUT2D eigenvalue weighted by Gasteiger charge is 2.30. The van der Waals surface area contributed by atoms with Gasteiger partial charge in [-0.2, -0.15) is 0 Å². The molecule has 0 saturated heterocycles. The number of thiazole rings is 1. The van der Waals surface area contributed by atoms with Gasteiger partial charge < -0.3 is 15.7 Å². The maximum atomic E-state index is 11.9. The molecule has 0 fully saturated rings. The monoisotopic (exact) mass is 341 g/mol. The Labute approximate surface area is 143 Å². The van der Waals surface area contributed by atoms with E-state index in [0.29, 0.717) is 13.1 Å². The van der Waals surface area contributed by atoms with Gasteiger partial charge in [0.2, 0.25) is 0 Å². The van der Waals surface area contributed by atoms with Crippen LogP contribution in [0.3, 0.4) is 0 Å². The van der Waals surface area contributed by atoms with E-state index in [9.17, 15) is 9.90 Å². The third-order valence-electron chi connectivity index (χ3n) is 3.86. The van der Waals surface area contributed by atoms with Gasteiger partial charge in [-0.05, 0) is 5.92 Å². The summed E-state index contributed by atoms with van der Waals surface area (Å²) in [5.74, 6) is 0.154. The van der Waals surface area contributed by atoms with Crippen molar-refractivity contribution in [2.75, 3.05) is 6.54 Å². The largest absolute Gasteiger partial charge is 0.392 e. The number of aliphatic hydroxyl groups is 1. The molecule has 3 N–H and O–H groups in total. The molecule has 5 nitrogen and oxygen atoms in total. The fraction of sp³-hybridized carbons (Fsp3) is 0.765. The minimum absolute atomic E-state index is 0.0218. The number of nitrogens with one attached hydrogen (secondary N) is 2. The number of rotatable bonds is 6. The number of carbonyl (C=O) groups is 1. The molecule has 23 heavy (non-hydrogen) atoms. The summed E-state index contributed by atoms with van der Waals surface area (Å²) in [6, 6.07) is -0.235. The molecule has 132 valence electrons. The van der Waals surface area contributed by atoms with Gasteiger partial charge in [0.15, 0.2) is 0 Å². The summed E-state index contributed by atoms with van der Waals surface area (Å²) < 4.78 is 0. The van der Waals surface area contributed by atoms with Crippen LogP contribution in [0, 0.1) is 11.3 Å². The zero-order chi connectivity index (χ0) is 17.8. The van der Waals surface area contributed by atoms with Crippen LogP contribution in [0.25, 0.3) is 0 Å². The fourth-order valence-corrected chi connectivity index (χ4v) is 3.23. The van der Waals surface area contributed by atoms with Crippen molar-refractivity contribution in [2.24, 2.45) is 11.3 Å². The van der Waals surface area contributed by atoms with Crippen LogP contribution in [-0.2, 0) is 12.0 Å². The van der Waals surface area contributed by atoms with Crippen molar-refractivity contribution in [1.29, 1.82) is 0 Å². The third kappa shape index (κ3) is 6.11. The second-order valence-corrected chi connectivity index (χ2v) is 9.03. The second-order valence-electron chi connectivity index (χ2n) is 8.09. The Balaban J connectivity index is 2.45. The molecule has 1 unspecified atom stereocenters. The van der Waals surface area contributed by atoms with E-state index in [-0.39, 0.29) is 22.8 Å². The van der Waals surface area contributed by atoms with Crippen LogP contribution in [0.1, 0.15) is 59.2 Å². The first kappa shape index (κ1) is 19.9. The maximum Gasteiger partial charge on any atom is 0.315 e. The van der Waals surface area contributed by atoms with Crippen LogP contribution in [0.2, 0.25) is 0 Å². The molecule has 0 saturated carbocycles. The molecule has 0 radical (unpaired) electrons. The van der Waals surface area contributed by atoms with Crippen LogP contribution in [0.5, 0.6) is 0 Å². The van der Waals surface area contributed by atoms with Gasteiger partial charge in [0.05, 0.1) is 18.3 Å². The average Bonchev–Trinajstić information content (AvgIpc) is 2.91. The van der Waals surface area contributed by atoms with Gasteiger partial charge in [0, 0.05) is 22.8 Å². The number of hydrogen-bond donors (Lipinski definition) is 3. The lowest BCUT2D eigenvalue weighted by atomic mass is 9.81. The van der Waals surface area contributed by atoms with Crippen LogP contribution in [-0.4, -0.2) is 28.8 Å². The second kappa shape index (κ2) is 7.62. The van der Waals surface area contributed by atoms with Gasteiger partial charge >= 0.3 is 6.03 Å². The first-order valence-electron chi connectivity index (χ1n) is 8.08. The predicted octanol–water partition coefficient (Wildman–Crippen LogP) is 3.28. The molecule has 0 aromatic carbocycles. The molecule has 0 aliphatic heterocycles. The smallest absolute Gasteiger partial charge is 0.315 e. The van der Waals surface area contributed by atoms with Crippen molar-refractivity contribution in [1.82, 2.24) is 15.6 Å². The van der Waals surface area contributed by atoms with Crippen molar-refractivity contribution in [3.63, 3.8) is 0 Å². The summed E-state index contributed by atoms with van der Waals surface area (Å²) in [7, 11) is 0. The van der Waals surface area contributed by atoms with Crippen molar-refractivity contribution >= 4 is 17.4 Å². The van der Waals surface area contributed by atoms with Crippen LogP contribution in [0.4, 0.5) is 4.79 Å². The third-order valence-corrected chi connectivity index (χ3v) is 4.71. The van der Waals surface area contributed by atoms with E-state index in [1.54, 1.807) is 11.3 Å². The van der Waals surface area contributed by atoms with Gasteiger partial charge in [-0.1, -0.05) is 48.5 Å². The Morgan fingerprint density at radius 3 is 2.35 bits per heavy atom. The van der Waals surface area contributed by atoms with E-state index in [1.165, 1.54) is 0 Å². The van der Waals surface area contributed by atoms with Crippen molar-refractivity contribution in [3.05, 3.63) is 16.1 Å². The molecular formula is C17H31N3O2S. The molecule has 1 aromatic rings. The summed E-state index contributed by atoms with van der Waals surface area (Å²) >= 11 is 1.56. The molecule has 2 amide bonds. The summed E-state index contributed by atoms with van der Waals surface area (Å²) in [4.78, 5) is 16.5. The number of urea groups is 1. The minimum Gasteiger partial charge on any atom is -0.392 e. The molecule has 1 atom stereocenters. The van der Waals surface area contributed by atoms with Gasteiger partial charge in [0.1, 0.15) is 5.01 Å². The van der Waals surface area contributed by atoms with Crippen molar-refractivity contribution in [3.8, 4) is 0 Å². The van der Waals surface area contributed by atoms with Gasteiger partial charge in [-0.25, -0.2) is 9.78 Å². The SMILES string of the molecule is CC(C)C(O)C(C)(C)CNC(=O)NCc1nc(C(C)(C)C)cs1. The number of aromatic nitrogens is 1. The lowest BCUT2D eigenvalue weighted by Crippen LogP contribution is -2.46. The first-order chi connectivity index (χ1) is 10.4. The lowest BCUT2D eigenvalue weighted by molar-refractivity contribution is 0.0151. The number of amides is 2. The van der Waals surface area contributed by atoms with Gasteiger partial charge in [-0.15, -0.1) is 11.3 Å². The Morgan fingerprint density at radius 2 is 1.87 bits per heavy atom. The quantitative estimate of drug-likeness (QED) is 0.743. The molecule has 6 heteroatoms. The lowest BCUT2D eigenvalue weighted by Gasteiger charge is -2.33. The van der Waals surface area contributed by atoms with E-state index in [2.05, 4.69) is 36.4 Å². The normalized spacial score (nSPS) is 14.0. The minimum atomic E-state index is -0.462. The zero-order valence-corrected chi connectivity index (χ0v) is 16.2. The van der Waals surface area contributed by atoms with E-state index in [4.69, 9.17) is 0 Å². The average molecular weight is 342 g/mol. The molecular weight excluding hydrogens is 310 g/mol. The number of aliphatic hydroxyl groups excluding tert-OH is 1. The molecule has 0 spiro atoms. The first-order valence-corrected chi connectivity index (χ1v) is 8.96. The van der Waals surface area contributed by atoms with Crippen molar-refractivity contribution < 1.29 is 9.90 Å². The summed E-state index contributed by atoms with van der Waals surface area (Å²) in [6.45, 7) is 15.0. The van der Waals surface area contributed by atoms with Crippen molar-refractivity contribution in [2.45, 2.75) is 66.5 Å². The van der Waals surface area contributed by atoms with Crippen LogP contribution < -0.4 is 10.6 Å². The summed E-state index contributed by atoms with van der Waals surface area (Å²) in [5.41, 5.74) is 0.695. The number of carbonyl (C=O) groups excluding carboxylic acids is 1. The number of hydrogen-bond acceptors (Lipinski definition) is 4. The highest BCUT2D eigenvalue weighted by molar-refractivity contribution is 7.09. The molecule has 1 heterocycles. The van der Waals surface area contributed by atoms with Crippen LogP contribution in [0.15, 0.2) is 5.38 Å². The number of nitrogens with zero attached hydrogens (tertiary/aromatic N) is 1. The highest BCUT2D eigenvalue weighted by atomic mass is 32.1. The summed E-state index contributed by atoms with van der Waals surface area (Å²) in [5, 5.41) is 18.8. The molecule has 0 aliphatic rings. The molecule has 1 aromatic heterocycles. The maximum absolute atomic E-state index is 11.9. The zero-order valence-electron chi connectivity index (χ0n) is 15.4. The van der Waals surface area contributed by atoms with Gasteiger partial charge in [-0.3, -0.25) is 0 Å². The topological polar surface area (TPSA) is 74.2 Å². The van der Waals surface area contributed by atoms with Crippen LogP contribution >= 0.6 is 11.3 Å². The predicted molar refractivity (Wildman–Crippen MR) is 95.7 cm³/mol. The van der Waals surface area contributed by atoms with E-state index >= 15 is 0 Å².